The number of nitrogens with one attached hydrogen (secondary N) is 1. The van der Waals surface area contributed by atoms with E-state index >= 15 is 0 Å². The van der Waals surface area contributed by atoms with Crippen LogP contribution in [0.15, 0.2) is 12.2 Å². The van der Waals surface area contributed by atoms with Crippen molar-refractivity contribution in [1.82, 2.24) is 5.32 Å². The van der Waals surface area contributed by atoms with Gasteiger partial charge in [0.2, 0.25) is 5.91 Å². The Hall–Kier alpha value is -0.760. The fraction of sp³-hybridized carbons (Fsp3) is 0.921. The molecule has 0 aromatic heterocycles. The number of phosphoric acid groups is 1. The van der Waals surface area contributed by atoms with Gasteiger partial charge >= 0.3 is 0 Å². The van der Waals surface area contributed by atoms with Gasteiger partial charge in [-0.1, -0.05) is 167 Å². The van der Waals surface area contributed by atoms with Gasteiger partial charge in [0.05, 0.1) is 39.9 Å². The van der Waals surface area contributed by atoms with Crippen LogP contribution in [-0.2, 0) is 18.4 Å². The Balaban J connectivity index is 3.78. The third kappa shape index (κ3) is 33.5. The van der Waals surface area contributed by atoms with Crippen LogP contribution in [0.5, 0.6) is 0 Å². The summed E-state index contributed by atoms with van der Waals surface area (Å²) in [6, 6.07) is -0.877. The third-order valence-electron chi connectivity index (χ3n) is 8.81. The molecule has 9 heteroatoms. The van der Waals surface area contributed by atoms with E-state index in [0.29, 0.717) is 11.0 Å². The van der Waals surface area contributed by atoms with Gasteiger partial charge in [0, 0.05) is 6.42 Å². The number of aliphatic hydroxyl groups excluding tert-OH is 1. The van der Waals surface area contributed by atoms with Gasteiger partial charge < -0.3 is 28.8 Å². The summed E-state index contributed by atoms with van der Waals surface area (Å²) in [5.74, 6) is -0.285. The molecule has 0 aromatic carbocycles. The first-order valence-electron chi connectivity index (χ1n) is 19.6. The van der Waals surface area contributed by atoms with Gasteiger partial charge in [-0.15, -0.1) is 0 Å². The van der Waals surface area contributed by atoms with E-state index in [1.807, 2.05) is 27.2 Å². The number of hydrogen-bond donors (Lipinski definition) is 2. The molecule has 0 heterocycles. The maximum atomic E-state index is 12.1. The van der Waals surface area contributed by atoms with Crippen molar-refractivity contribution < 1.29 is 32.9 Å². The molecule has 3 atom stereocenters. The summed E-state index contributed by atoms with van der Waals surface area (Å²) in [7, 11) is 1.26. The van der Waals surface area contributed by atoms with Crippen LogP contribution in [0.25, 0.3) is 0 Å². The highest BCUT2D eigenvalue weighted by atomic mass is 31.2. The van der Waals surface area contributed by atoms with Crippen LogP contribution >= 0.6 is 7.82 Å². The number of allylic oxidation sites excluding steroid dienone is 1. The number of amides is 1. The largest absolute Gasteiger partial charge is 0.756 e. The van der Waals surface area contributed by atoms with Gasteiger partial charge in [-0.05, 0) is 12.8 Å². The molecule has 0 aliphatic heterocycles. The predicted octanol–water partition coefficient (Wildman–Crippen LogP) is 9.39. The van der Waals surface area contributed by atoms with Gasteiger partial charge in [0.15, 0.2) is 0 Å². The molecule has 0 spiro atoms. The second kappa shape index (κ2) is 31.2. The molecule has 8 nitrogen and oxygen atoms in total. The number of hydrogen-bond acceptors (Lipinski definition) is 6. The summed E-state index contributed by atoms with van der Waals surface area (Å²) < 4.78 is 22.6. The van der Waals surface area contributed by atoms with E-state index in [9.17, 15) is 19.4 Å². The van der Waals surface area contributed by atoms with Crippen LogP contribution < -0.4 is 10.2 Å². The summed E-state index contributed by atoms with van der Waals surface area (Å²) >= 11 is 0. The number of unbranched alkanes of at least 4 members (excludes halogenated alkanes) is 23. The minimum atomic E-state index is -4.54. The maximum Gasteiger partial charge on any atom is 0.268 e. The van der Waals surface area contributed by atoms with Crippen LogP contribution in [-0.4, -0.2) is 68.5 Å². The quantitative estimate of drug-likeness (QED) is 0.0297. The number of carbonyl (C=O) groups is 1. The lowest BCUT2D eigenvalue weighted by Gasteiger charge is -2.29. The van der Waals surface area contributed by atoms with E-state index in [2.05, 4.69) is 12.2 Å². The van der Waals surface area contributed by atoms with Crippen LogP contribution in [0.3, 0.4) is 0 Å². The molecule has 0 bridgehead atoms. The Morgan fingerprint density at radius 1 is 0.723 bits per heavy atom. The summed E-state index contributed by atoms with van der Waals surface area (Å²) in [6.45, 7) is 4.09. The standard InChI is InChI=1S/C38H77N2O6P/c1-6-8-9-10-11-12-13-14-15-16-17-18-19-20-21-22-23-24-25-26-27-28-29-30-31-32-37(41)36(39-38(42)7-2)35-46-47(43,44)45-34-33-40(3,4)5/h31-32,36-37,41H,6-30,33-35H2,1-5H3,(H-,39,42,43,44)/b32-31+. The monoisotopic (exact) mass is 689 g/mol. The maximum absolute atomic E-state index is 12.1. The average molecular weight is 689 g/mol. The molecule has 2 N–H and O–H groups in total. The van der Waals surface area contributed by atoms with Crippen molar-refractivity contribution in [2.24, 2.45) is 0 Å². The number of carbonyl (C=O) groups excluding carboxylic acids is 1. The summed E-state index contributed by atoms with van der Waals surface area (Å²) in [4.78, 5) is 24.1. The van der Waals surface area contributed by atoms with Crippen LogP contribution in [0.1, 0.15) is 174 Å². The fourth-order valence-electron chi connectivity index (χ4n) is 5.59. The van der Waals surface area contributed by atoms with E-state index in [0.717, 1.165) is 19.3 Å². The van der Waals surface area contributed by atoms with Gasteiger partial charge in [0.25, 0.3) is 7.82 Å². The first-order chi connectivity index (χ1) is 22.5. The zero-order chi connectivity index (χ0) is 35.1. The Kier molecular flexibility index (Phi) is 30.7. The molecule has 0 rings (SSSR count). The van der Waals surface area contributed by atoms with Gasteiger partial charge in [0.1, 0.15) is 13.2 Å². The SMILES string of the molecule is CCCCCCCCCCCCCCCCCCCCCCCCC/C=C/C(O)C(COP(=O)([O-])OCC[N+](C)(C)C)NC(=O)CC. The van der Waals surface area contributed by atoms with E-state index in [1.165, 1.54) is 135 Å². The van der Waals surface area contributed by atoms with Crippen LogP contribution in [0.4, 0.5) is 0 Å². The molecule has 0 fully saturated rings. The van der Waals surface area contributed by atoms with Crippen molar-refractivity contribution in [1.29, 1.82) is 0 Å². The Labute approximate surface area is 291 Å². The highest BCUT2D eigenvalue weighted by Gasteiger charge is 2.22. The fourth-order valence-corrected chi connectivity index (χ4v) is 6.31. The molecule has 0 saturated heterocycles. The molecule has 1 amide bonds. The molecule has 280 valence electrons. The zero-order valence-corrected chi connectivity index (χ0v) is 32.4. The number of phosphoric ester groups is 1. The molecular weight excluding hydrogens is 611 g/mol. The predicted molar refractivity (Wildman–Crippen MR) is 196 cm³/mol. The number of quaternary nitrogens is 1. The first kappa shape index (κ1) is 46.2. The second-order valence-electron chi connectivity index (χ2n) is 14.6. The van der Waals surface area contributed by atoms with Crippen LogP contribution in [0, 0.1) is 0 Å². The Morgan fingerprint density at radius 2 is 1.13 bits per heavy atom. The van der Waals surface area contributed by atoms with Gasteiger partial charge in [-0.25, -0.2) is 0 Å². The molecule has 0 aliphatic carbocycles. The average Bonchev–Trinajstić information content (AvgIpc) is 3.02. The van der Waals surface area contributed by atoms with Crippen molar-refractivity contribution in [3.63, 3.8) is 0 Å². The molecule has 0 aromatic rings. The van der Waals surface area contributed by atoms with Crippen molar-refractivity contribution in [2.75, 3.05) is 40.9 Å². The second-order valence-corrected chi connectivity index (χ2v) is 16.0. The van der Waals surface area contributed by atoms with E-state index in [-0.39, 0.29) is 25.5 Å². The summed E-state index contributed by atoms with van der Waals surface area (Å²) in [6.07, 6.45) is 35.0. The smallest absolute Gasteiger partial charge is 0.268 e. The van der Waals surface area contributed by atoms with E-state index in [1.54, 1.807) is 13.0 Å². The van der Waals surface area contributed by atoms with Gasteiger partial charge in [-0.2, -0.15) is 0 Å². The number of rotatable bonds is 35. The summed E-state index contributed by atoms with van der Waals surface area (Å²) in [5.41, 5.74) is 0. The minimum Gasteiger partial charge on any atom is -0.756 e. The number of likely N-dealkylation sites (N-methyl/N-ethyl adjacent to an activating group) is 1. The van der Waals surface area contributed by atoms with E-state index in [4.69, 9.17) is 9.05 Å². The Bertz CT molecular complexity index is 789. The number of nitrogens with zero attached hydrogens (tertiary/aromatic N) is 1. The molecule has 0 aliphatic rings. The van der Waals surface area contributed by atoms with Crippen molar-refractivity contribution >= 4 is 13.7 Å². The molecule has 0 radical (unpaired) electrons. The van der Waals surface area contributed by atoms with E-state index < -0.39 is 20.0 Å². The first-order valence-corrected chi connectivity index (χ1v) is 21.0. The normalized spacial score (nSPS) is 14.8. The van der Waals surface area contributed by atoms with Crippen molar-refractivity contribution in [2.45, 2.75) is 187 Å². The number of aliphatic hydroxyl groups is 1. The molecule has 0 saturated carbocycles. The molecule has 3 unspecified atom stereocenters. The third-order valence-corrected chi connectivity index (χ3v) is 9.78. The lowest BCUT2D eigenvalue weighted by atomic mass is 10.0. The topological polar surface area (TPSA) is 108 Å². The van der Waals surface area contributed by atoms with Crippen molar-refractivity contribution in [3.8, 4) is 0 Å². The van der Waals surface area contributed by atoms with Crippen LogP contribution in [0.2, 0.25) is 0 Å². The summed E-state index contributed by atoms with van der Waals surface area (Å²) in [5, 5.41) is 13.3. The van der Waals surface area contributed by atoms with Gasteiger partial charge in [-0.3, -0.25) is 9.36 Å². The zero-order valence-electron chi connectivity index (χ0n) is 31.5. The molecular formula is C38H77N2O6P. The van der Waals surface area contributed by atoms with Crippen molar-refractivity contribution in [3.05, 3.63) is 12.2 Å². The molecule has 47 heavy (non-hydrogen) atoms. The highest BCUT2D eigenvalue weighted by Crippen LogP contribution is 2.38. The lowest BCUT2D eigenvalue weighted by molar-refractivity contribution is -0.870. The Morgan fingerprint density at radius 3 is 1.51 bits per heavy atom. The lowest BCUT2D eigenvalue weighted by Crippen LogP contribution is -2.45. The highest BCUT2D eigenvalue weighted by molar-refractivity contribution is 7.45. The minimum absolute atomic E-state index is 0.00170.